The predicted octanol–water partition coefficient (Wildman–Crippen LogP) is 1.62. The van der Waals surface area contributed by atoms with Crippen molar-refractivity contribution in [2.75, 3.05) is 12.4 Å². The molecule has 7 nitrogen and oxygen atoms in total. The lowest BCUT2D eigenvalue weighted by Gasteiger charge is -2.08. The van der Waals surface area contributed by atoms with Gasteiger partial charge in [0.15, 0.2) is 5.96 Å². The first kappa shape index (κ1) is 14.8. The number of methoxy groups -OCH3 is 1. The predicted molar refractivity (Wildman–Crippen MR) is 83.3 cm³/mol. The first-order valence-corrected chi connectivity index (χ1v) is 6.84. The van der Waals surface area contributed by atoms with Crippen LogP contribution in [0.25, 0.3) is 0 Å². The average Bonchev–Trinajstić information content (AvgIpc) is 2.79. The number of ether oxygens (including phenoxy) is 1. The van der Waals surface area contributed by atoms with Gasteiger partial charge in [0.1, 0.15) is 10.6 Å². The smallest absolute Gasteiger partial charge is 0.267 e. The van der Waals surface area contributed by atoms with E-state index in [1.807, 2.05) is 12.1 Å². The van der Waals surface area contributed by atoms with Gasteiger partial charge in [0.05, 0.1) is 18.5 Å². The van der Waals surface area contributed by atoms with Crippen LogP contribution in [-0.2, 0) is 0 Å². The third kappa shape index (κ3) is 3.48. The van der Waals surface area contributed by atoms with Gasteiger partial charge >= 0.3 is 0 Å². The third-order valence-electron chi connectivity index (χ3n) is 2.57. The molecule has 0 aliphatic carbocycles. The number of carbonyl (C=O) groups excluding carboxylic acids is 1. The van der Waals surface area contributed by atoms with Gasteiger partial charge in [0, 0.05) is 0 Å². The lowest BCUT2D eigenvalue weighted by Crippen LogP contribution is -2.21. The Bertz CT molecular complexity index is 692. The van der Waals surface area contributed by atoms with E-state index in [4.69, 9.17) is 16.2 Å². The zero-order chi connectivity index (χ0) is 15.4. The summed E-state index contributed by atoms with van der Waals surface area (Å²) in [4.78, 5) is 20.7. The first-order chi connectivity index (χ1) is 10.0. The van der Waals surface area contributed by atoms with E-state index in [9.17, 15) is 4.79 Å². The summed E-state index contributed by atoms with van der Waals surface area (Å²) in [5.41, 5.74) is 11.7. The molecule has 0 saturated carbocycles. The number of guanidine groups is 1. The number of nitrogens with one attached hydrogen (secondary N) is 1. The van der Waals surface area contributed by atoms with Gasteiger partial charge in [-0.15, -0.1) is 0 Å². The summed E-state index contributed by atoms with van der Waals surface area (Å²) in [5.74, 6) is 0.199. The minimum absolute atomic E-state index is 0.0968. The maximum absolute atomic E-state index is 12.3. The number of thiazole rings is 1. The molecule has 0 spiro atoms. The van der Waals surface area contributed by atoms with Gasteiger partial charge < -0.3 is 21.5 Å². The largest absolute Gasteiger partial charge is 0.495 e. The molecular weight excluding hydrogens is 290 g/mol. The van der Waals surface area contributed by atoms with E-state index in [1.54, 1.807) is 26.2 Å². The molecule has 0 radical (unpaired) electrons. The van der Waals surface area contributed by atoms with Crippen LogP contribution in [0.5, 0.6) is 5.75 Å². The Kier molecular flexibility index (Phi) is 4.39. The highest BCUT2D eigenvalue weighted by atomic mass is 32.1. The van der Waals surface area contributed by atoms with E-state index in [0.29, 0.717) is 27.1 Å². The van der Waals surface area contributed by atoms with Crippen LogP contribution in [0, 0.1) is 6.92 Å². The van der Waals surface area contributed by atoms with E-state index < -0.39 is 0 Å². The van der Waals surface area contributed by atoms with Gasteiger partial charge in [-0.1, -0.05) is 23.5 Å². The van der Waals surface area contributed by atoms with Crippen LogP contribution in [0.3, 0.4) is 0 Å². The topological polar surface area (TPSA) is 116 Å². The van der Waals surface area contributed by atoms with Crippen LogP contribution in [0.15, 0.2) is 29.3 Å². The van der Waals surface area contributed by atoms with Crippen molar-refractivity contribution in [3.8, 4) is 5.75 Å². The van der Waals surface area contributed by atoms with Crippen molar-refractivity contribution < 1.29 is 9.53 Å². The number of carbonyl (C=O) groups is 1. The quantitative estimate of drug-likeness (QED) is 0.586. The summed E-state index contributed by atoms with van der Waals surface area (Å²) in [6, 6.07) is 7.15. The molecule has 0 atom stereocenters. The minimum Gasteiger partial charge on any atom is -0.495 e. The molecule has 1 aromatic carbocycles. The molecule has 1 amide bonds. The van der Waals surface area contributed by atoms with Crippen LogP contribution in [-0.4, -0.2) is 24.0 Å². The van der Waals surface area contributed by atoms with Crippen molar-refractivity contribution in [3.63, 3.8) is 0 Å². The molecule has 110 valence electrons. The molecule has 1 heterocycles. The summed E-state index contributed by atoms with van der Waals surface area (Å²) in [6.07, 6.45) is 0. The SMILES string of the molecule is COc1ccccc1NC(=O)c1sc(N=C(N)N)nc1C. The fraction of sp³-hybridized carbons (Fsp3) is 0.154. The zero-order valence-corrected chi connectivity index (χ0v) is 12.4. The van der Waals surface area contributed by atoms with Crippen molar-refractivity contribution in [2.45, 2.75) is 6.92 Å². The number of nitrogens with zero attached hydrogens (tertiary/aromatic N) is 2. The molecule has 8 heteroatoms. The van der Waals surface area contributed by atoms with Crippen LogP contribution >= 0.6 is 11.3 Å². The highest BCUT2D eigenvalue weighted by molar-refractivity contribution is 7.17. The Morgan fingerprint density at radius 2 is 2.10 bits per heavy atom. The number of rotatable bonds is 4. The van der Waals surface area contributed by atoms with Gasteiger partial charge in [0.25, 0.3) is 5.91 Å². The van der Waals surface area contributed by atoms with E-state index in [-0.39, 0.29) is 11.9 Å². The number of hydrogen-bond acceptors (Lipinski definition) is 5. The second-order valence-corrected chi connectivity index (χ2v) is 5.08. The maximum Gasteiger partial charge on any atom is 0.267 e. The van der Waals surface area contributed by atoms with Gasteiger partial charge in [-0.2, -0.15) is 4.99 Å². The van der Waals surface area contributed by atoms with Gasteiger partial charge in [-0.25, -0.2) is 4.98 Å². The Morgan fingerprint density at radius 1 is 1.38 bits per heavy atom. The van der Waals surface area contributed by atoms with Crippen molar-refractivity contribution in [2.24, 2.45) is 16.5 Å². The molecule has 2 rings (SSSR count). The Hall–Kier alpha value is -2.61. The Morgan fingerprint density at radius 3 is 2.76 bits per heavy atom. The summed E-state index contributed by atoms with van der Waals surface area (Å²) in [7, 11) is 1.54. The van der Waals surface area contributed by atoms with Gasteiger partial charge in [-0.05, 0) is 19.1 Å². The Labute approximate surface area is 125 Å². The number of benzene rings is 1. The third-order valence-corrected chi connectivity index (χ3v) is 3.62. The molecule has 0 saturated heterocycles. The molecule has 0 bridgehead atoms. The fourth-order valence-corrected chi connectivity index (χ4v) is 2.53. The van der Waals surface area contributed by atoms with E-state index in [0.717, 1.165) is 11.3 Å². The molecule has 21 heavy (non-hydrogen) atoms. The normalized spacial score (nSPS) is 10.0. The zero-order valence-electron chi connectivity index (χ0n) is 11.6. The van der Waals surface area contributed by atoms with Gasteiger partial charge in [-0.3, -0.25) is 4.79 Å². The number of hydrogen-bond donors (Lipinski definition) is 3. The number of aliphatic imine (C=N–C) groups is 1. The second kappa shape index (κ2) is 6.23. The first-order valence-electron chi connectivity index (χ1n) is 6.02. The molecule has 0 fully saturated rings. The standard InChI is InChI=1S/C13H15N5O2S/c1-7-10(21-13(16-7)18-12(14)15)11(19)17-8-5-3-4-6-9(8)20-2/h3-6H,1-2H3,(H,17,19)(H4,14,15,16,18). The van der Waals surface area contributed by atoms with Crippen LogP contribution in [0.2, 0.25) is 0 Å². The summed E-state index contributed by atoms with van der Waals surface area (Å²) in [6.45, 7) is 1.72. The van der Waals surface area contributed by atoms with Gasteiger partial charge in [0.2, 0.25) is 5.13 Å². The highest BCUT2D eigenvalue weighted by Gasteiger charge is 2.16. The average molecular weight is 305 g/mol. The molecule has 2 aromatic rings. The molecule has 0 unspecified atom stereocenters. The number of para-hydroxylation sites is 2. The number of aromatic nitrogens is 1. The molecular formula is C13H15N5O2S. The number of aryl methyl sites for hydroxylation is 1. The number of amides is 1. The number of nitrogens with two attached hydrogens (primary N) is 2. The summed E-state index contributed by atoms with van der Waals surface area (Å²) < 4.78 is 5.19. The van der Waals surface area contributed by atoms with Crippen LogP contribution < -0.4 is 21.5 Å². The van der Waals surface area contributed by atoms with Crippen molar-refractivity contribution in [3.05, 3.63) is 34.8 Å². The second-order valence-electron chi connectivity index (χ2n) is 4.10. The lowest BCUT2D eigenvalue weighted by molar-refractivity contribution is 0.102. The van der Waals surface area contributed by atoms with Crippen molar-refractivity contribution in [1.82, 2.24) is 4.98 Å². The molecule has 0 aliphatic heterocycles. The van der Waals surface area contributed by atoms with E-state index >= 15 is 0 Å². The Balaban J connectivity index is 2.25. The molecule has 0 aliphatic rings. The summed E-state index contributed by atoms with van der Waals surface area (Å²) in [5, 5.41) is 3.13. The van der Waals surface area contributed by atoms with Crippen molar-refractivity contribution in [1.29, 1.82) is 0 Å². The van der Waals surface area contributed by atoms with E-state index in [1.165, 1.54) is 0 Å². The van der Waals surface area contributed by atoms with Crippen LogP contribution in [0.1, 0.15) is 15.4 Å². The van der Waals surface area contributed by atoms with Crippen molar-refractivity contribution >= 4 is 34.0 Å². The van der Waals surface area contributed by atoms with E-state index in [2.05, 4.69) is 15.3 Å². The summed E-state index contributed by atoms with van der Waals surface area (Å²) >= 11 is 1.12. The minimum atomic E-state index is -0.286. The van der Waals surface area contributed by atoms with Crippen LogP contribution in [0.4, 0.5) is 10.8 Å². The highest BCUT2D eigenvalue weighted by Crippen LogP contribution is 2.28. The maximum atomic E-state index is 12.3. The molecule has 5 N–H and O–H groups in total. The molecule has 1 aromatic heterocycles. The lowest BCUT2D eigenvalue weighted by atomic mass is 10.3. The fourth-order valence-electron chi connectivity index (χ4n) is 1.68. The monoisotopic (exact) mass is 305 g/mol. The number of anilines is 1.